The predicted octanol–water partition coefficient (Wildman–Crippen LogP) is 2.70. The van der Waals surface area contributed by atoms with Gasteiger partial charge >= 0.3 is 0 Å². The van der Waals surface area contributed by atoms with Gasteiger partial charge in [-0.15, -0.1) is 6.58 Å². The fourth-order valence-corrected chi connectivity index (χ4v) is 2.38. The van der Waals surface area contributed by atoms with Gasteiger partial charge in [-0.2, -0.15) is 0 Å². The largest absolute Gasteiger partial charge is 0.384 e. The summed E-state index contributed by atoms with van der Waals surface area (Å²) in [4.78, 5) is 4.45. The van der Waals surface area contributed by atoms with Crippen LogP contribution in [0.15, 0.2) is 19.0 Å². The number of allylic oxidation sites excluding steroid dienone is 1. The third-order valence-electron chi connectivity index (χ3n) is 3.23. The Bertz CT molecular complexity index is 335. The summed E-state index contributed by atoms with van der Waals surface area (Å²) in [6, 6.07) is 0. The Morgan fingerprint density at radius 3 is 2.87 bits per heavy atom. The second-order valence-corrected chi connectivity index (χ2v) is 4.29. The number of aromatic nitrogens is 2. The molecule has 0 aromatic carbocycles. The average Bonchev–Trinajstić information content (AvgIpc) is 2.63. The van der Waals surface area contributed by atoms with Gasteiger partial charge in [-0.1, -0.05) is 25.3 Å². The minimum absolute atomic E-state index is 0.588. The monoisotopic (exact) mass is 205 g/mol. The van der Waals surface area contributed by atoms with E-state index in [1.54, 1.807) is 0 Å². The fourth-order valence-electron chi connectivity index (χ4n) is 2.38. The quantitative estimate of drug-likeness (QED) is 0.771. The number of hydrogen-bond acceptors (Lipinski definition) is 2. The number of anilines is 1. The van der Waals surface area contributed by atoms with Crippen LogP contribution in [0, 0.1) is 0 Å². The molecule has 0 bridgehead atoms. The summed E-state index contributed by atoms with van der Waals surface area (Å²) < 4.78 is 1.97. The van der Waals surface area contributed by atoms with E-state index in [0.29, 0.717) is 5.92 Å². The first-order chi connectivity index (χ1) is 7.33. The Balaban J connectivity index is 2.16. The minimum Gasteiger partial charge on any atom is -0.384 e. The van der Waals surface area contributed by atoms with Gasteiger partial charge in [0.25, 0.3) is 0 Å². The van der Waals surface area contributed by atoms with Gasteiger partial charge in [0.1, 0.15) is 5.82 Å². The van der Waals surface area contributed by atoms with Crippen molar-refractivity contribution >= 4 is 5.82 Å². The van der Waals surface area contributed by atoms with E-state index in [1.165, 1.54) is 32.1 Å². The second-order valence-electron chi connectivity index (χ2n) is 4.29. The summed E-state index contributed by atoms with van der Waals surface area (Å²) in [6.45, 7) is 4.47. The molecule has 3 heteroatoms. The number of nitrogens with two attached hydrogens (primary N) is 1. The first-order valence-electron chi connectivity index (χ1n) is 5.74. The summed E-state index contributed by atoms with van der Waals surface area (Å²) in [6.07, 6.45) is 10.2. The van der Waals surface area contributed by atoms with E-state index in [4.69, 9.17) is 5.73 Å². The molecule has 1 aliphatic rings. The van der Waals surface area contributed by atoms with Gasteiger partial charge in [0, 0.05) is 12.5 Å². The lowest BCUT2D eigenvalue weighted by molar-refractivity contribution is 0.438. The molecule has 1 aliphatic carbocycles. The molecule has 1 fully saturated rings. The molecule has 3 nitrogen and oxygen atoms in total. The zero-order chi connectivity index (χ0) is 10.7. The SMILES string of the molecule is C=CCn1cnc(C2CCCCC2)c1N. The summed E-state index contributed by atoms with van der Waals surface area (Å²) in [5, 5.41) is 0. The molecule has 1 saturated carbocycles. The van der Waals surface area contributed by atoms with Gasteiger partial charge in [0.2, 0.25) is 0 Å². The van der Waals surface area contributed by atoms with Gasteiger partial charge in [-0.25, -0.2) is 4.98 Å². The van der Waals surface area contributed by atoms with E-state index in [0.717, 1.165) is 18.1 Å². The fraction of sp³-hybridized carbons (Fsp3) is 0.583. The molecule has 82 valence electrons. The van der Waals surface area contributed by atoms with E-state index in [1.807, 2.05) is 17.0 Å². The minimum atomic E-state index is 0.588. The molecule has 0 radical (unpaired) electrons. The van der Waals surface area contributed by atoms with Crippen LogP contribution in [0.3, 0.4) is 0 Å². The van der Waals surface area contributed by atoms with Crippen LogP contribution in [0.2, 0.25) is 0 Å². The first kappa shape index (κ1) is 10.3. The highest BCUT2D eigenvalue weighted by molar-refractivity contribution is 5.38. The van der Waals surface area contributed by atoms with Gasteiger partial charge in [-0.3, -0.25) is 0 Å². The van der Waals surface area contributed by atoms with Crippen molar-refractivity contribution < 1.29 is 0 Å². The first-order valence-corrected chi connectivity index (χ1v) is 5.74. The summed E-state index contributed by atoms with van der Waals surface area (Å²) in [5.41, 5.74) is 7.18. The average molecular weight is 205 g/mol. The summed E-state index contributed by atoms with van der Waals surface area (Å²) in [7, 11) is 0. The lowest BCUT2D eigenvalue weighted by Crippen LogP contribution is -2.09. The number of nitrogens with zero attached hydrogens (tertiary/aromatic N) is 2. The Labute approximate surface area is 91.0 Å². The van der Waals surface area contributed by atoms with Crippen LogP contribution >= 0.6 is 0 Å². The van der Waals surface area contributed by atoms with E-state index >= 15 is 0 Å². The van der Waals surface area contributed by atoms with Crippen LogP contribution in [-0.2, 0) is 6.54 Å². The maximum Gasteiger partial charge on any atom is 0.127 e. The van der Waals surface area contributed by atoms with Crippen LogP contribution in [0.25, 0.3) is 0 Å². The highest BCUT2D eigenvalue weighted by atomic mass is 15.1. The van der Waals surface area contributed by atoms with Gasteiger partial charge in [-0.05, 0) is 12.8 Å². The van der Waals surface area contributed by atoms with Crippen molar-refractivity contribution in [2.45, 2.75) is 44.6 Å². The maximum absolute atomic E-state index is 6.07. The highest BCUT2D eigenvalue weighted by Gasteiger charge is 2.20. The molecule has 2 N–H and O–H groups in total. The Hall–Kier alpha value is -1.25. The van der Waals surface area contributed by atoms with Crippen LogP contribution < -0.4 is 5.73 Å². The smallest absolute Gasteiger partial charge is 0.127 e. The zero-order valence-corrected chi connectivity index (χ0v) is 9.15. The topological polar surface area (TPSA) is 43.8 Å². The second kappa shape index (κ2) is 4.51. The van der Waals surface area contributed by atoms with Crippen molar-refractivity contribution in [3.05, 3.63) is 24.7 Å². The zero-order valence-electron chi connectivity index (χ0n) is 9.15. The molecule has 0 unspecified atom stereocenters. The van der Waals surface area contributed by atoms with Crippen LogP contribution in [0.1, 0.15) is 43.7 Å². The Morgan fingerprint density at radius 2 is 2.20 bits per heavy atom. The van der Waals surface area contributed by atoms with E-state index in [2.05, 4.69) is 11.6 Å². The van der Waals surface area contributed by atoms with Gasteiger partial charge in [0.15, 0.2) is 0 Å². The van der Waals surface area contributed by atoms with Crippen molar-refractivity contribution in [3.8, 4) is 0 Å². The van der Waals surface area contributed by atoms with Crippen molar-refractivity contribution in [1.29, 1.82) is 0 Å². The molecule has 0 saturated heterocycles. The lowest BCUT2D eigenvalue weighted by Gasteiger charge is -2.20. The van der Waals surface area contributed by atoms with E-state index in [-0.39, 0.29) is 0 Å². The number of rotatable bonds is 3. The normalized spacial score (nSPS) is 17.9. The van der Waals surface area contributed by atoms with Gasteiger partial charge < -0.3 is 10.3 Å². The maximum atomic E-state index is 6.07. The van der Waals surface area contributed by atoms with Crippen molar-refractivity contribution in [1.82, 2.24) is 9.55 Å². The number of nitrogen functional groups attached to an aromatic ring is 1. The Kier molecular flexibility index (Phi) is 3.09. The van der Waals surface area contributed by atoms with Crippen LogP contribution in [-0.4, -0.2) is 9.55 Å². The lowest BCUT2D eigenvalue weighted by atomic mass is 9.87. The molecule has 15 heavy (non-hydrogen) atoms. The Morgan fingerprint density at radius 1 is 1.47 bits per heavy atom. The van der Waals surface area contributed by atoms with Crippen molar-refractivity contribution in [2.24, 2.45) is 0 Å². The third kappa shape index (κ3) is 2.06. The molecule has 0 spiro atoms. The van der Waals surface area contributed by atoms with Crippen LogP contribution in [0.5, 0.6) is 0 Å². The van der Waals surface area contributed by atoms with Gasteiger partial charge in [0.05, 0.1) is 12.0 Å². The predicted molar refractivity (Wildman–Crippen MR) is 62.7 cm³/mol. The molecule has 0 aliphatic heterocycles. The summed E-state index contributed by atoms with van der Waals surface area (Å²) >= 11 is 0. The molecular weight excluding hydrogens is 186 g/mol. The molecule has 1 heterocycles. The molecule has 2 rings (SSSR count). The molecule has 0 amide bonds. The van der Waals surface area contributed by atoms with E-state index < -0.39 is 0 Å². The standard InChI is InChI=1S/C12H19N3/c1-2-8-15-9-14-11(12(15)13)10-6-4-3-5-7-10/h2,9-10H,1,3-8,13H2. The van der Waals surface area contributed by atoms with E-state index in [9.17, 15) is 0 Å². The summed E-state index contributed by atoms with van der Waals surface area (Å²) in [5.74, 6) is 1.42. The van der Waals surface area contributed by atoms with Crippen LogP contribution in [0.4, 0.5) is 5.82 Å². The molecule has 1 aromatic heterocycles. The third-order valence-corrected chi connectivity index (χ3v) is 3.23. The number of hydrogen-bond donors (Lipinski definition) is 1. The molecular formula is C12H19N3. The molecule has 1 aromatic rings. The molecule has 0 atom stereocenters. The number of imidazole rings is 1. The van der Waals surface area contributed by atoms with Crippen molar-refractivity contribution in [2.75, 3.05) is 5.73 Å². The van der Waals surface area contributed by atoms with Crippen molar-refractivity contribution in [3.63, 3.8) is 0 Å². The highest BCUT2D eigenvalue weighted by Crippen LogP contribution is 2.34.